The highest BCUT2D eigenvalue weighted by atomic mass is 32.2. The SMILES string of the molecule is CCNc1ccc(C)cc1C(=O)NCC(C)(C)S(C)(=O)=O. The summed E-state index contributed by atoms with van der Waals surface area (Å²) in [6, 6.07) is 5.57. The van der Waals surface area contributed by atoms with E-state index in [1.165, 1.54) is 6.26 Å². The molecule has 21 heavy (non-hydrogen) atoms. The molecule has 1 rings (SSSR count). The fourth-order valence-corrected chi connectivity index (χ4v) is 2.04. The monoisotopic (exact) mass is 312 g/mol. The molecule has 0 atom stereocenters. The van der Waals surface area contributed by atoms with Crippen molar-refractivity contribution in [3.8, 4) is 0 Å². The Morgan fingerprint density at radius 1 is 1.29 bits per heavy atom. The van der Waals surface area contributed by atoms with Crippen LogP contribution < -0.4 is 10.6 Å². The number of sulfone groups is 1. The number of anilines is 1. The summed E-state index contributed by atoms with van der Waals surface area (Å²) in [4.78, 5) is 12.3. The minimum atomic E-state index is -3.24. The first-order valence-electron chi connectivity index (χ1n) is 6.91. The number of hydrogen-bond donors (Lipinski definition) is 2. The van der Waals surface area contributed by atoms with E-state index in [0.29, 0.717) is 12.1 Å². The van der Waals surface area contributed by atoms with Gasteiger partial charge in [0.15, 0.2) is 9.84 Å². The predicted molar refractivity (Wildman–Crippen MR) is 86.6 cm³/mol. The fourth-order valence-electron chi connectivity index (χ4n) is 1.71. The lowest BCUT2D eigenvalue weighted by Crippen LogP contribution is -2.43. The Hall–Kier alpha value is -1.56. The molecule has 0 aliphatic carbocycles. The Morgan fingerprint density at radius 3 is 2.43 bits per heavy atom. The van der Waals surface area contributed by atoms with Crippen LogP contribution in [0.1, 0.15) is 36.7 Å². The van der Waals surface area contributed by atoms with Crippen LogP contribution in [0.15, 0.2) is 18.2 Å². The molecule has 1 aromatic rings. The molecule has 1 amide bonds. The summed E-state index contributed by atoms with van der Waals surface area (Å²) in [5.41, 5.74) is 2.25. The van der Waals surface area contributed by atoms with Gasteiger partial charge in [0.1, 0.15) is 0 Å². The number of amides is 1. The molecule has 0 heterocycles. The van der Waals surface area contributed by atoms with Crippen molar-refractivity contribution in [2.45, 2.75) is 32.4 Å². The van der Waals surface area contributed by atoms with Crippen LogP contribution >= 0.6 is 0 Å². The third kappa shape index (κ3) is 4.46. The Kier molecular flexibility index (Phi) is 5.39. The highest BCUT2D eigenvalue weighted by Gasteiger charge is 2.30. The molecule has 118 valence electrons. The highest BCUT2D eigenvalue weighted by molar-refractivity contribution is 7.92. The van der Waals surface area contributed by atoms with E-state index in [9.17, 15) is 13.2 Å². The lowest BCUT2D eigenvalue weighted by Gasteiger charge is -2.23. The summed E-state index contributed by atoms with van der Waals surface area (Å²) in [6.07, 6.45) is 1.18. The van der Waals surface area contributed by atoms with Gasteiger partial charge in [-0.1, -0.05) is 11.6 Å². The smallest absolute Gasteiger partial charge is 0.253 e. The number of benzene rings is 1. The standard InChI is InChI=1S/C15H24N2O3S/c1-6-16-13-8-7-11(2)9-12(13)14(18)17-10-15(3,4)21(5,19)20/h7-9,16H,6,10H2,1-5H3,(H,17,18). The minimum Gasteiger partial charge on any atom is -0.385 e. The minimum absolute atomic E-state index is 0.0736. The van der Waals surface area contributed by atoms with Crippen LogP contribution in [-0.4, -0.2) is 38.4 Å². The molecule has 0 saturated carbocycles. The van der Waals surface area contributed by atoms with E-state index in [-0.39, 0.29) is 12.5 Å². The van der Waals surface area contributed by atoms with E-state index in [1.54, 1.807) is 19.9 Å². The van der Waals surface area contributed by atoms with Gasteiger partial charge in [0.2, 0.25) is 0 Å². The molecule has 6 heteroatoms. The number of aryl methyl sites for hydroxylation is 1. The number of rotatable bonds is 6. The molecular weight excluding hydrogens is 288 g/mol. The van der Waals surface area contributed by atoms with Crippen molar-refractivity contribution in [2.75, 3.05) is 24.7 Å². The predicted octanol–water partition coefficient (Wildman–Crippen LogP) is 1.98. The van der Waals surface area contributed by atoms with Crippen LogP contribution in [0.25, 0.3) is 0 Å². The second-order valence-corrected chi connectivity index (χ2v) is 8.44. The molecule has 5 nitrogen and oxygen atoms in total. The highest BCUT2D eigenvalue weighted by Crippen LogP contribution is 2.18. The first-order chi connectivity index (χ1) is 9.58. The van der Waals surface area contributed by atoms with E-state index < -0.39 is 14.6 Å². The maximum absolute atomic E-state index is 12.3. The van der Waals surface area contributed by atoms with E-state index in [4.69, 9.17) is 0 Å². The van der Waals surface area contributed by atoms with E-state index in [1.807, 2.05) is 26.0 Å². The third-order valence-electron chi connectivity index (χ3n) is 3.47. The van der Waals surface area contributed by atoms with Gasteiger partial charge < -0.3 is 10.6 Å². The maximum Gasteiger partial charge on any atom is 0.253 e. The summed E-state index contributed by atoms with van der Waals surface area (Å²) in [5.74, 6) is -0.272. The molecule has 1 aromatic carbocycles. The molecule has 0 radical (unpaired) electrons. The Labute approximate surface area is 127 Å². The lowest BCUT2D eigenvalue weighted by molar-refractivity contribution is 0.0951. The summed E-state index contributed by atoms with van der Waals surface area (Å²) in [5, 5.41) is 5.85. The molecule has 0 aliphatic rings. The Bertz CT molecular complexity index is 622. The van der Waals surface area contributed by atoms with Crippen molar-refractivity contribution < 1.29 is 13.2 Å². The molecule has 0 unspecified atom stereocenters. The van der Waals surface area contributed by atoms with Gasteiger partial charge in [0.25, 0.3) is 5.91 Å². The molecule has 2 N–H and O–H groups in total. The van der Waals surface area contributed by atoms with Gasteiger partial charge in [-0.3, -0.25) is 4.79 Å². The van der Waals surface area contributed by atoms with Gasteiger partial charge in [-0.2, -0.15) is 0 Å². The first-order valence-corrected chi connectivity index (χ1v) is 8.80. The van der Waals surface area contributed by atoms with E-state index in [2.05, 4.69) is 10.6 Å². The summed E-state index contributed by atoms with van der Waals surface area (Å²) in [7, 11) is -3.24. The molecule has 0 bridgehead atoms. The summed E-state index contributed by atoms with van der Waals surface area (Å²) < 4.78 is 22.3. The Balaban J connectivity index is 2.93. The maximum atomic E-state index is 12.3. The van der Waals surface area contributed by atoms with Crippen LogP contribution in [0.3, 0.4) is 0 Å². The number of hydrogen-bond acceptors (Lipinski definition) is 4. The van der Waals surface area contributed by atoms with Crippen molar-refractivity contribution in [1.29, 1.82) is 0 Å². The fraction of sp³-hybridized carbons (Fsp3) is 0.533. The van der Waals surface area contributed by atoms with Gasteiger partial charge in [-0.05, 0) is 39.8 Å². The lowest BCUT2D eigenvalue weighted by atomic mass is 10.1. The van der Waals surface area contributed by atoms with Gasteiger partial charge in [-0.15, -0.1) is 0 Å². The average Bonchev–Trinajstić information content (AvgIpc) is 2.37. The largest absolute Gasteiger partial charge is 0.385 e. The van der Waals surface area contributed by atoms with Gasteiger partial charge in [0, 0.05) is 25.0 Å². The van der Waals surface area contributed by atoms with Crippen LogP contribution in [0.2, 0.25) is 0 Å². The summed E-state index contributed by atoms with van der Waals surface area (Å²) >= 11 is 0. The molecule has 0 aromatic heterocycles. The molecule has 0 aliphatic heterocycles. The molecule has 0 saturated heterocycles. The van der Waals surface area contributed by atoms with E-state index >= 15 is 0 Å². The van der Waals surface area contributed by atoms with Crippen molar-refractivity contribution in [1.82, 2.24) is 5.32 Å². The quantitative estimate of drug-likeness (QED) is 0.842. The molecule has 0 spiro atoms. The van der Waals surface area contributed by atoms with Gasteiger partial charge in [-0.25, -0.2) is 8.42 Å². The average molecular weight is 312 g/mol. The van der Waals surface area contributed by atoms with Gasteiger partial charge >= 0.3 is 0 Å². The van der Waals surface area contributed by atoms with E-state index in [0.717, 1.165) is 11.3 Å². The molecular formula is C15H24N2O3S. The second kappa shape index (κ2) is 6.47. The van der Waals surface area contributed by atoms with Crippen molar-refractivity contribution in [3.63, 3.8) is 0 Å². The van der Waals surface area contributed by atoms with Gasteiger partial charge in [0.05, 0.1) is 10.3 Å². The van der Waals surface area contributed by atoms with Crippen LogP contribution in [0, 0.1) is 6.92 Å². The number of nitrogens with one attached hydrogen (secondary N) is 2. The second-order valence-electron chi connectivity index (χ2n) is 5.79. The zero-order valence-electron chi connectivity index (χ0n) is 13.3. The van der Waals surface area contributed by atoms with Crippen molar-refractivity contribution in [3.05, 3.63) is 29.3 Å². The van der Waals surface area contributed by atoms with Crippen molar-refractivity contribution >= 4 is 21.4 Å². The zero-order valence-corrected chi connectivity index (χ0v) is 14.1. The number of carbonyl (C=O) groups is 1. The van der Waals surface area contributed by atoms with Crippen LogP contribution in [0.4, 0.5) is 5.69 Å². The first kappa shape index (κ1) is 17.5. The van der Waals surface area contributed by atoms with Crippen molar-refractivity contribution in [2.24, 2.45) is 0 Å². The number of carbonyl (C=O) groups excluding carboxylic acids is 1. The molecule has 0 fully saturated rings. The van der Waals surface area contributed by atoms with Crippen LogP contribution in [0.5, 0.6) is 0 Å². The topological polar surface area (TPSA) is 75.3 Å². The zero-order chi connectivity index (χ0) is 16.3. The Morgan fingerprint density at radius 2 is 1.90 bits per heavy atom. The normalized spacial score (nSPS) is 12.0. The summed E-state index contributed by atoms with van der Waals surface area (Å²) in [6.45, 7) is 7.84. The van der Waals surface area contributed by atoms with Crippen LogP contribution in [-0.2, 0) is 9.84 Å². The third-order valence-corrected chi connectivity index (χ3v) is 5.62.